The summed E-state index contributed by atoms with van der Waals surface area (Å²) in [4.78, 5) is 37.5. The minimum absolute atomic E-state index is 0. The molecule has 8 aromatic rings. The summed E-state index contributed by atoms with van der Waals surface area (Å²) in [5.41, 5.74) is 12.6. The third kappa shape index (κ3) is 6.60. The van der Waals surface area contributed by atoms with Gasteiger partial charge in [-0.2, -0.15) is 0 Å². The molecule has 0 atom stereocenters. The number of carbonyl (C=O) groups is 3. The van der Waals surface area contributed by atoms with Crippen LogP contribution in [-0.4, -0.2) is 17.3 Å². The maximum absolute atomic E-state index is 13.3. The fourth-order valence-electron chi connectivity index (χ4n) is 8.58. The van der Waals surface area contributed by atoms with Crippen molar-refractivity contribution >= 4 is 65.1 Å². The Bertz CT molecular complexity index is 2770. The zero-order valence-corrected chi connectivity index (χ0v) is 35.5. The summed E-state index contributed by atoms with van der Waals surface area (Å²) in [6, 6.07) is 61.5. The highest BCUT2D eigenvalue weighted by atomic mass is 79.9. The molecule has 0 saturated heterocycles. The minimum Gasteiger partial charge on any atom is -0.289 e. The summed E-state index contributed by atoms with van der Waals surface area (Å²) in [5.74, 6) is -0.0191. The minimum atomic E-state index is -0.475. The Balaban J connectivity index is 0.000000133. The number of carbonyl (C=O) groups excluding carboxylic acids is 3. The number of hydrogen-bond donors (Lipinski definition) is 0. The fourth-order valence-corrected chi connectivity index (χ4v) is 10.2. The molecule has 0 bridgehead atoms. The van der Waals surface area contributed by atoms with Gasteiger partial charge in [0, 0.05) is 52.4 Å². The van der Waals surface area contributed by atoms with E-state index >= 15 is 0 Å². The number of fused-ring (bicyclic) bond motifs is 11. The first kappa shape index (κ1) is 40.0. The summed E-state index contributed by atoms with van der Waals surface area (Å²) in [6.45, 7) is 0. The van der Waals surface area contributed by atoms with Crippen molar-refractivity contribution in [2.45, 2.75) is 12.8 Å². The van der Waals surface area contributed by atoms with Crippen molar-refractivity contribution in [2.75, 3.05) is 0 Å². The molecule has 11 rings (SSSR count). The SMILES string of the molecule is Brc1ccccc1-c1ccccc1Br.C.O=C1c2ccccc2C(=O)c2ccccc21.O=C1c2ccccc2C2(c3ccccc31)c1ccccc1-c1c(Br)cccc12. The maximum atomic E-state index is 13.3. The van der Waals surface area contributed by atoms with E-state index < -0.39 is 5.41 Å². The molecule has 0 heterocycles. The third-order valence-corrected chi connectivity index (χ3v) is 13.1. The average Bonchev–Trinajstić information content (AvgIpc) is 3.57. The Labute approximate surface area is 369 Å². The third-order valence-electron chi connectivity index (χ3n) is 11.0. The van der Waals surface area contributed by atoms with Gasteiger partial charge in [-0.1, -0.05) is 225 Å². The van der Waals surface area contributed by atoms with Gasteiger partial charge in [0.2, 0.25) is 0 Å². The summed E-state index contributed by atoms with van der Waals surface area (Å²) >= 11 is 10.9. The van der Waals surface area contributed by atoms with Gasteiger partial charge in [0.25, 0.3) is 0 Å². The molecule has 0 aromatic heterocycles. The molecule has 1 spiro atoms. The van der Waals surface area contributed by atoms with E-state index in [-0.39, 0.29) is 24.8 Å². The van der Waals surface area contributed by atoms with E-state index in [1.807, 2.05) is 60.7 Å². The van der Waals surface area contributed by atoms with Crippen molar-refractivity contribution in [2.24, 2.45) is 0 Å². The number of benzene rings is 8. The van der Waals surface area contributed by atoms with Crippen LogP contribution in [0.15, 0.2) is 201 Å². The van der Waals surface area contributed by atoms with Crippen LogP contribution >= 0.6 is 47.8 Å². The van der Waals surface area contributed by atoms with Gasteiger partial charge in [-0.3, -0.25) is 14.4 Å². The second-order valence-corrected chi connectivity index (χ2v) is 16.7. The van der Waals surface area contributed by atoms with Gasteiger partial charge in [0.05, 0.1) is 5.41 Å². The molecule has 59 heavy (non-hydrogen) atoms. The number of ketones is 3. The maximum Gasteiger partial charge on any atom is 0.194 e. The van der Waals surface area contributed by atoms with Crippen molar-refractivity contribution in [3.63, 3.8) is 0 Å². The largest absolute Gasteiger partial charge is 0.289 e. The summed E-state index contributed by atoms with van der Waals surface area (Å²) < 4.78 is 3.32. The van der Waals surface area contributed by atoms with Gasteiger partial charge in [-0.15, -0.1) is 0 Å². The first-order valence-corrected chi connectivity index (χ1v) is 21.1. The number of hydrogen-bond acceptors (Lipinski definition) is 3. The summed E-state index contributed by atoms with van der Waals surface area (Å²) in [7, 11) is 0. The zero-order chi connectivity index (χ0) is 40.0. The molecule has 3 nitrogen and oxygen atoms in total. The van der Waals surface area contributed by atoms with E-state index in [0.717, 1.165) is 35.7 Å². The Hall–Kier alpha value is -5.79. The van der Waals surface area contributed by atoms with Crippen LogP contribution < -0.4 is 0 Å². The first-order valence-electron chi connectivity index (χ1n) is 18.7. The normalized spacial score (nSPS) is 13.1. The molecular formula is C53H35Br3O3. The van der Waals surface area contributed by atoms with Crippen LogP contribution in [0.1, 0.15) is 77.4 Å². The van der Waals surface area contributed by atoms with E-state index in [1.165, 1.54) is 33.4 Å². The van der Waals surface area contributed by atoms with Crippen LogP contribution in [0.5, 0.6) is 0 Å². The van der Waals surface area contributed by atoms with E-state index in [9.17, 15) is 14.4 Å². The Morgan fingerprint density at radius 1 is 0.271 bits per heavy atom. The van der Waals surface area contributed by atoms with E-state index in [2.05, 4.69) is 127 Å². The monoisotopic (exact) mass is 956 g/mol. The predicted molar refractivity (Wildman–Crippen MR) is 249 cm³/mol. The van der Waals surface area contributed by atoms with Crippen molar-refractivity contribution < 1.29 is 14.4 Å². The molecule has 6 heteroatoms. The van der Waals surface area contributed by atoms with E-state index in [1.54, 1.807) is 48.5 Å². The molecule has 0 N–H and O–H groups in total. The molecule has 286 valence electrons. The first-order chi connectivity index (χ1) is 28.3. The smallest absolute Gasteiger partial charge is 0.194 e. The van der Waals surface area contributed by atoms with Gasteiger partial charge in [-0.25, -0.2) is 0 Å². The van der Waals surface area contributed by atoms with Crippen LogP contribution in [-0.2, 0) is 5.41 Å². The Morgan fingerprint density at radius 3 is 0.949 bits per heavy atom. The standard InChI is InChI=1S/C26H15BrO.C14H8O2.C12H8Br2.CH4/c27-23-15-7-14-22-24(23)16-8-1-4-11-19(16)26(22)20-12-5-2-9-17(20)25(28)18-10-3-6-13-21(18)26;15-13-9-5-1-2-6-10(9)14(16)12-8-4-3-7-11(12)13;13-11-7-3-1-5-9(11)10-6-2-4-8-12(10)14;/h1-15H;1-8H;1-8H;1H4. The van der Waals surface area contributed by atoms with E-state index in [4.69, 9.17) is 0 Å². The van der Waals surface area contributed by atoms with Crippen molar-refractivity contribution in [3.8, 4) is 22.3 Å². The van der Waals surface area contributed by atoms with Crippen LogP contribution in [0.2, 0.25) is 0 Å². The topological polar surface area (TPSA) is 51.2 Å². The lowest BCUT2D eigenvalue weighted by molar-refractivity contribution is 0.0979. The van der Waals surface area contributed by atoms with Gasteiger partial charge in [0.1, 0.15) is 0 Å². The second-order valence-electron chi connectivity index (χ2n) is 14.1. The number of rotatable bonds is 1. The molecule has 0 amide bonds. The van der Waals surface area contributed by atoms with Gasteiger partial charge >= 0.3 is 0 Å². The van der Waals surface area contributed by atoms with Crippen molar-refractivity contribution in [1.82, 2.24) is 0 Å². The van der Waals surface area contributed by atoms with Gasteiger partial charge in [0.15, 0.2) is 17.3 Å². The molecule has 3 aliphatic carbocycles. The predicted octanol–water partition coefficient (Wildman–Crippen LogP) is 14.3. The Morgan fingerprint density at radius 2 is 0.542 bits per heavy atom. The summed E-state index contributed by atoms with van der Waals surface area (Å²) in [5, 5.41) is 0. The molecule has 0 radical (unpaired) electrons. The highest BCUT2D eigenvalue weighted by Crippen LogP contribution is 2.60. The Kier molecular flexibility index (Phi) is 11.2. The fraction of sp³-hybridized carbons (Fsp3) is 0.0377. The molecule has 8 aromatic carbocycles. The molecule has 0 unspecified atom stereocenters. The van der Waals surface area contributed by atoms with Gasteiger partial charge < -0.3 is 0 Å². The lowest BCUT2D eigenvalue weighted by Gasteiger charge is -2.39. The molecule has 0 saturated carbocycles. The van der Waals surface area contributed by atoms with Crippen LogP contribution in [0, 0.1) is 0 Å². The lowest BCUT2D eigenvalue weighted by Crippen LogP contribution is -2.36. The number of halogens is 3. The van der Waals surface area contributed by atoms with Crippen LogP contribution in [0.4, 0.5) is 0 Å². The summed E-state index contributed by atoms with van der Waals surface area (Å²) in [6.07, 6.45) is 0. The highest BCUT2D eigenvalue weighted by molar-refractivity contribution is 9.11. The van der Waals surface area contributed by atoms with Crippen LogP contribution in [0.25, 0.3) is 22.3 Å². The van der Waals surface area contributed by atoms with E-state index in [0.29, 0.717) is 22.3 Å². The van der Waals surface area contributed by atoms with Gasteiger partial charge in [-0.05, 0) is 57.1 Å². The van der Waals surface area contributed by atoms with Crippen LogP contribution in [0.3, 0.4) is 0 Å². The zero-order valence-electron chi connectivity index (χ0n) is 30.8. The highest BCUT2D eigenvalue weighted by Gasteiger charge is 2.51. The molecular weight excluding hydrogens is 924 g/mol. The average molecular weight is 960 g/mol. The van der Waals surface area contributed by atoms with Crippen molar-refractivity contribution in [1.29, 1.82) is 0 Å². The second kappa shape index (κ2) is 16.5. The molecule has 0 aliphatic heterocycles. The quantitative estimate of drug-likeness (QED) is 0.165. The van der Waals surface area contributed by atoms with Crippen molar-refractivity contribution in [3.05, 3.63) is 257 Å². The molecule has 3 aliphatic rings. The lowest BCUT2D eigenvalue weighted by atomic mass is 9.61. The molecule has 0 fully saturated rings.